The molecule has 102 valence electrons. The summed E-state index contributed by atoms with van der Waals surface area (Å²) >= 11 is 6.01. The molecule has 0 aliphatic rings. The zero-order valence-corrected chi connectivity index (χ0v) is 12.1. The topological polar surface area (TPSA) is 36.1 Å². The van der Waals surface area contributed by atoms with Gasteiger partial charge in [0, 0.05) is 35.7 Å². The molecule has 0 aliphatic carbocycles. The molecular formula is C15H19ClN2O. The van der Waals surface area contributed by atoms with E-state index in [2.05, 4.69) is 11.9 Å². The molecule has 1 heterocycles. The van der Waals surface area contributed by atoms with Gasteiger partial charge < -0.3 is 9.88 Å². The summed E-state index contributed by atoms with van der Waals surface area (Å²) in [6, 6.07) is 5.69. The number of aromatic amines is 1. The highest BCUT2D eigenvalue weighted by Crippen LogP contribution is 2.23. The predicted molar refractivity (Wildman–Crippen MR) is 79.6 cm³/mol. The average Bonchev–Trinajstić information content (AvgIpc) is 2.78. The van der Waals surface area contributed by atoms with Gasteiger partial charge in [0.15, 0.2) is 0 Å². The normalized spacial score (nSPS) is 10.9. The Morgan fingerprint density at radius 1 is 1.42 bits per heavy atom. The molecule has 1 aromatic carbocycles. The largest absolute Gasteiger partial charge is 0.361 e. The van der Waals surface area contributed by atoms with Crippen molar-refractivity contribution in [1.82, 2.24) is 9.88 Å². The van der Waals surface area contributed by atoms with Crippen LogP contribution in [-0.2, 0) is 11.2 Å². The van der Waals surface area contributed by atoms with Crippen LogP contribution in [0.5, 0.6) is 0 Å². The van der Waals surface area contributed by atoms with Gasteiger partial charge in [-0.1, -0.05) is 24.9 Å². The van der Waals surface area contributed by atoms with Gasteiger partial charge in [-0.05, 0) is 30.2 Å². The number of nitrogens with one attached hydrogen (secondary N) is 1. The quantitative estimate of drug-likeness (QED) is 0.891. The molecule has 0 unspecified atom stereocenters. The van der Waals surface area contributed by atoms with E-state index in [9.17, 15) is 4.79 Å². The minimum Gasteiger partial charge on any atom is -0.361 e. The summed E-state index contributed by atoms with van der Waals surface area (Å²) in [5, 5.41) is 1.73. The molecule has 1 aromatic heterocycles. The number of unbranched alkanes of at least 4 members (excludes halogenated alkanes) is 1. The predicted octanol–water partition coefficient (Wildman–Crippen LogP) is 3.62. The Kier molecular flexibility index (Phi) is 4.48. The summed E-state index contributed by atoms with van der Waals surface area (Å²) in [7, 11) is 1.86. The van der Waals surface area contributed by atoms with Crippen LogP contribution >= 0.6 is 11.6 Å². The van der Waals surface area contributed by atoms with Crippen molar-refractivity contribution in [2.24, 2.45) is 0 Å². The van der Waals surface area contributed by atoms with Crippen molar-refractivity contribution < 1.29 is 4.79 Å². The summed E-state index contributed by atoms with van der Waals surface area (Å²) in [5.41, 5.74) is 2.02. The van der Waals surface area contributed by atoms with E-state index in [1.54, 1.807) is 4.90 Å². The van der Waals surface area contributed by atoms with Crippen LogP contribution in [0.15, 0.2) is 24.4 Å². The number of rotatable bonds is 5. The number of aromatic nitrogens is 1. The Hall–Kier alpha value is -1.48. The number of hydrogen-bond acceptors (Lipinski definition) is 1. The molecule has 1 N–H and O–H groups in total. The first kappa shape index (κ1) is 13.9. The summed E-state index contributed by atoms with van der Waals surface area (Å²) in [5.74, 6) is 0.148. The standard InChI is InChI=1S/C15H19ClN2O/c1-3-4-7-18(2)15(19)8-11-10-17-14-6-5-12(16)9-13(11)14/h5-6,9-10,17H,3-4,7-8H2,1-2H3. The number of hydrogen-bond donors (Lipinski definition) is 1. The molecule has 19 heavy (non-hydrogen) atoms. The van der Waals surface area contributed by atoms with Crippen molar-refractivity contribution >= 4 is 28.4 Å². The lowest BCUT2D eigenvalue weighted by molar-refractivity contribution is -0.129. The minimum atomic E-state index is 0.148. The number of nitrogens with zero attached hydrogens (tertiary/aromatic N) is 1. The van der Waals surface area contributed by atoms with Crippen LogP contribution in [0.4, 0.5) is 0 Å². The molecule has 0 atom stereocenters. The van der Waals surface area contributed by atoms with Crippen LogP contribution in [0, 0.1) is 0 Å². The minimum absolute atomic E-state index is 0.148. The number of amides is 1. The van der Waals surface area contributed by atoms with Crippen molar-refractivity contribution in [1.29, 1.82) is 0 Å². The van der Waals surface area contributed by atoms with Crippen LogP contribution in [0.25, 0.3) is 10.9 Å². The fourth-order valence-corrected chi connectivity index (χ4v) is 2.29. The fourth-order valence-electron chi connectivity index (χ4n) is 2.11. The van der Waals surface area contributed by atoms with E-state index >= 15 is 0 Å². The monoisotopic (exact) mass is 278 g/mol. The molecule has 0 spiro atoms. The van der Waals surface area contributed by atoms with Gasteiger partial charge in [-0.15, -0.1) is 0 Å². The maximum Gasteiger partial charge on any atom is 0.226 e. The van der Waals surface area contributed by atoms with Crippen LogP contribution in [0.3, 0.4) is 0 Å². The summed E-state index contributed by atoms with van der Waals surface area (Å²) < 4.78 is 0. The Balaban J connectivity index is 2.12. The van der Waals surface area contributed by atoms with E-state index in [4.69, 9.17) is 11.6 Å². The van der Waals surface area contributed by atoms with Crippen molar-refractivity contribution in [3.05, 3.63) is 35.0 Å². The number of fused-ring (bicyclic) bond motifs is 1. The summed E-state index contributed by atoms with van der Waals surface area (Å²) in [4.78, 5) is 17.1. The Morgan fingerprint density at radius 3 is 2.95 bits per heavy atom. The van der Waals surface area contributed by atoms with E-state index in [1.807, 2.05) is 31.4 Å². The first-order chi connectivity index (χ1) is 9.11. The number of halogens is 1. The fraction of sp³-hybridized carbons (Fsp3) is 0.400. The summed E-state index contributed by atoms with van der Waals surface area (Å²) in [6.07, 6.45) is 4.45. The first-order valence-corrected chi connectivity index (χ1v) is 6.99. The van der Waals surface area contributed by atoms with Crippen molar-refractivity contribution in [2.45, 2.75) is 26.2 Å². The van der Waals surface area contributed by atoms with E-state index in [-0.39, 0.29) is 5.91 Å². The molecule has 2 rings (SSSR count). The highest BCUT2D eigenvalue weighted by atomic mass is 35.5. The second-order valence-corrected chi connectivity index (χ2v) is 5.29. The molecule has 0 bridgehead atoms. The third kappa shape index (κ3) is 3.29. The maximum atomic E-state index is 12.1. The van der Waals surface area contributed by atoms with Crippen LogP contribution < -0.4 is 0 Å². The van der Waals surface area contributed by atoms with Crippen molar-refractivity contribution in [3.63, 3.8) is 0 Å². The molecule has 0 saturated heterocycles. The molecule has 2 aromatic rings. The lowest BCUT2D eigenvalue weighted by Gasteiger charge is -2.16. The third-order valence-corrected chi connectivity index (χ3v) is 3.58. The highest BCUT2D eigenvalue weighted by Gasteiger charge is 2.12. The molecule has 4 heteroatoms. The van der Waals surface area contributed by atoms with E-state index in [1.165, 1.54) is 0 Å². The van der Waals surface area contributed by atoms with Crippen LogP contribution in [-0.4, -0.2) is 29.4 Å². The van der Waals surface area contributed by atoms with Gasteiger partial charge in [0.2, 0.25) is 5.91 Å². The third-order valence-electron chi connectivity index (χ3n) is 3.34. The van der Waals surface area contributed by atoms with Crippen LogP contribution in [0.1, 0.15) is 25.3 Å². The zero-order chi connectivity index (χ0) is 13.8. The Morgan fingerprint density at radius 2 is 2.21 bits per heavy atom. The van der Waals surface area contributed by atoms with E-state index in [0.717, 1.165) is 35.9 Å². The second kappa shape index (κ2) is 6.11. The van der Waals surface area contributed by atoms with Gasteiger partial charge in [0.1, 0.15) is 0 Å². The molecule has 0 fully saturated rings. The van der Waals surface area contributed by atoms with Gasteiger partial charge in [0.25, 0.3) is 0 Å². The Labute approximate surface area is 118 Å². The molecule has 3 nitrogen and oxygen atoms in total. The molecule has 1 amide bonds. The maximum absolute atomic E-state index is 12.1. The number of likely N-dealkylation sites (N-methyl/N-ethyl adjacent to an activating group) is 1. The SMILES string of the molecule is CCCCN(C)C(=O)Cc1c[nH]c2ccc(Cl)cc12. The molecular weight excluding hydrogens is 260 g/mol. The number of benzene rings is 1. The van der Waals surface area contributed by atoms with Gasteiger partial charge >= 0.3 is 0 Å². The van der Waals surface area contributed by atoms with E-state index < -0.39 is 0 Å². The second-order valence-electron chi connectivity index (χ2n) is 4.85. The first-order valence-electron chi connectivity index (χ1n) is 6.61. The van der Waals surface area contributed by atoms with Crippen LogP contribution in [0.2, 0.25) is 5.02 Å². The van der Waals surface area contributed by atoms with Crippen molar-refractivity contribution in [3.8, 4) is 0 Å². The number of carbonyl (C=O) groups excluding carboxylic acids is 1. The zero-order valence-electron chi connectivity index (χ0n) is 11.4. The smallest absolute Gasteiger partial charge is 0.226 e. The number of H-pyrrole nitrogens is 1. The van der Waals surface area contributed by atoms with Crippen molar-refractivity contribution in [2.75, 3.05) is 13.6 Å². The van der Waals surface area contributed by atoms with Gasteiger partial charge in [-0.2, -0.15) is 0 Å². The Bertz CT molecular complexity index is 577. The van der Waals surface area contributed by atoms with E-state index in [0.29, 0.717) is 11.4 Å². The number of carbonyl (C=O) groups is 1. The molecule has 0 aliphatic heterocycles. The highest BCUT2D eigenvalue weighted by molar-refractivity contribution is 6.31. The average molecular weight is 279 g/mol. The molecule has 0 saturated carbocycles. The summed E-state index contributed by atoms with van der Waals surface area (Å²) in [6.45, 7) is 2.94. The lowest BCUT2D eigenvalue weighted by Crippen LogP contribution is -2.29. The lowest BCUT2D eigenvalue weighted by atomic mass is 10.1. The molecule has 0 radical (unpaired) electrons. The van der Waals surface area contributed by atoms with Gasteiger partial charge in [-0.25, -0.2) is 0 Å². The van der Waals surface area contributed by atoms with Gasteiger partial charge in [-0.3, -0.25) is 4.79 Å². The van der Waals surface area contributed by atoms with Gasteiger partial charge in [0.05, 0.1) is 6.42 Å².